The van der Waals surface area contributed by atoms with Gasteiger partial charge in [0.25, 0.3) is 5.91 Å². The third-order valence-corrected chi connectivity index (χ3v) is 5.66. The van der Waals surface area contributed by atoms with E-state index in [2.05, 4.69) is 40.8 Å². The molecule has 0 fully saturated rings. The van der Waals surface area contributed by atoms with Gasteiger partial charge in [0.05, 0.1) is 11.7 Å². The smallest absolute Gasteiger partial charge is 0.252 e. The summed E-state index contributed by atoms with van der Waals surface area (Å²) in [7, 11) is 0. The summed E-state index contributed by atoms with van der Waals surface area (Å²) in [5, 5.41) is 4.30. The number of rotatable bonds is 1. The molecule has 5 nitrogen and oxygen atoms in total. The second-order valence-electron chi connectivity index (χ2n) is 8.06. The van der Waals surface area contributed by atoms with Crippen LogP contribution >= 0.6 is 0 Å². The van der Waals surface area contributed by atoms with E-state index in [0.29, 0.717) is 5.92 Å². The normalized spacial score (nSPS) is 18.1. The van der Waals surface area contributed by atoms with Gasteiger partial charge in [0.15, 0.2) is 0 Å². The van der Waals surface area contributed by atoms with Crippen LogP contribution in [0.4, 0.5) is 0 Å². The van der Waals surface area contributed by atoms with Crippen molar-refractivity contribution in [3.8, 4) is 0 Å². The fourth-order valence-electron chi connectivity index (χ4n) is 4.08. The Morgan fingerprint density at radius 1 is 1.18 bits per heavy atom. The van der Waals surface area contributed by atoms with Crippen molar-refractivity contribution in [2.45, 2.75) is 65.0 Å². The number of nitrogens with one attached hydrogen (secondary N) is 1. The summed E-state index contributed by atoms with van der Waals surface area (Å²) in [5.41, 5.74) is 5.01. The second-order valence-corrected chi connectivity index (χ2v) is 8.06. The summed E-state index contributed by atoms with van der Waals surface area (Å²) in [6, 6.07) is 8.08. The third-order valence-electron chi connectivity index (χ3n) is 5.66. The van der Waals surface area contributed by atoms with Crippen LogP contribution < -0.4 is 5.32 Å². The van der Waals surface area contributed by atoms with Gasteiger partial charge in [-0.05, 0) is 61.9 Å². The number of pyridine rings is 2. The Balaban J connectivity index is 1.76. The van der Waals surface area contributed by atoms with Crippen LogP contribution in [-0.4, -0.2) is 20.4 Å². The van der Waals surface area contributed by atoms with E-state index in [0.717, 1.165) is 54.7 Å². The fourth-order valence-corrected chi connectivity index (χ4v) is 4.08. The topological polar surface area (TPSA) is 59.8 Å². The molecule has 0 aliphatic carbocycles. The van der Waals surface area contributed by atoms with Gasteiger partial charge in [0.1, 0.15) is 5.65 Å². The van der Waals surface area contributed by atoms with Crippen molar-refractivity contribution in [2.24, 2.45) is 0 Å². The number of aryl methyl sites for hydroxylation is 2. The molecule has 1 aliphatic rings. The van der Waals surface area contributed by atoms with Crippen LogP contribution in [0.1, 0.15) is 79.3 Å². The van der Waals surface area contributed by atoms with E-state index in [1.807, 2.05) is 25.3 Å². The van der Waals surface area contributed by atoms with Crippen molar-refractivity contribution in [3.63, 3.8) is 0 Å². The molecule has 2 bridgehead atoms. The zero-order valence-electron chi connectivity index (χ0n) is 16.9. The molecule has 1 atom stereocenters. The Kier molecular flexibility index (Phi) is 5.16. The summed E-state index contributed by atoms with van der Waals surface area (Å²) < 4.78 is 2.37. The first-order chi connectivity index (χ1) is 13.5. The number of hydrogen-bond donors (Lipinski definition) is 1. The standard InChI is InChI=1S/C23H28N4O/c1-15(2)21-13-17-8-9-20-16(3)25-23(28)19-10-11-24-14-18(19)7-5-4-6-12-27(21)22(17)26-20/h8-11,13-16H,4-7,12H2,1-3H3,(H,25,28). The van der Waals surface area contributed by atoms with Crippen LogP contribution in [0.2, 0.25) is 0 Å². The van der Waals surface area contributed by atoms with Crippen molar-refractivity contribution >= 4 is 16.9 Å². The summed E-state index contributed by atoms with van der Waals surface area (Å²) in [5.74, 6) is 0.397. The zero-order valence-corrected chi connectivity index (χ0v) is 16.9. The Morgan fingerprint density at radius 3 is 2.86 bits per heavy atom. The van der Waals surface area contributed by atoms with E-state index in [1.54, 1.807) is 6.20 Å². The number of amides is 1. The molecule has 3 aromatic heterocycles. The summed E-state index contributed by atoms with van der Waals surface area (Å²) >= 11 is 0. The minimum absolute atomic E-state index is 0.0536. The maximum absolute atomic E-state index is 12.9. The predicted octanol–water partition coefficient (Wildman–Crippen LogP) is 4.77. The molecule has 1 N–H and O–H groups in total. The maximum Gasteiger partial charge on any atom is 0.252 e. The maximum atomic E-state index is 12.9. The van der Waals surface area contributed by atoms with Gasteiger partial charge in [-0.25, -0.2) is 4.98 Å². The molecule has 4 rings (SSSR count). The zero-order chi connectivity index (χ0) is 19.7. The molecule has 0 spiro atoms. The Hall–Kier alpha value is -2.69. The molecular formula is C23H28N4O. The predicted molar refractivity (Wildman–Crippen MR) is 111 cm³/mol. The molecule has 5 heteroatoms. The molecule has 0 saturated carbocycles. The third kappa shape index (κ3) is 3.53. The SMILES string of the molecule is CC(C)c1cc2ccc3nc2n1CCCCCc1cnccc1C(=O)NC3C. The molecule has 0 saturated heterocycles. The van der Waals surface area contributed by atoms with Crippen LogP contribution in [0.25, 0.3) is 11.0 Å². The minimum Gasteiger partial charge on any atom is -0.344 e. The van der Waals surface area contributed by atoms with Gasteiger partial charge in [0.2, 0.25) is 0 Å². The highest BCUT2D eigenvalue weighted by Gasteiger charge is 2.19. The highest BCUT2D eigenvalue weighted by Crippen LogP contribution is 2.27. The lowest BCUT2D eigenvalue weighted by atomic mass is 10.0. The lowest BCUT2D eigenvalue weighted by Crippen LogP contribution is -2.28. The fraction of sp³-hybridized carbons (Fsp3) is 0.435. The van der Waals surface area contributed by atoms with Crippen LogP contribution in [-0.2, 0) is 13.0 Å². The van der Waals surface area contributed by atoms with Gasteiger partial charge < -0.3 is 9.88 Å². The van der Waals surface area contributed by atoms with E-state index < -0.39 is 0 Å². The molecule has 1 aliphatic heterocycles. The first kappa shape index (κ1) is 18.7. The number of nitrogens with zero attached hydrogens (tertiary/aromatic N) is 3. The van der Waals surface area contributed by atoms with Crippen LogP contribution in [0.3, 0.4) is 0 Å². The number of hydrogen-bond acceptors (Lipinski definition) is 3. The first-order valence-corrected chi connectivity index (χ1v) is 10.3. The van der Waals surface area contributed by atoms with E-state index in [1.165, 1.54) is 11.1 Å². The van der Waals surface area contributed by atoms with Gasteiger partial charge in [-0.3, -0.25) is 9.78 Å². The first-order valence-electron chi connectivity index (χ1n) is 10.3. The average Bonchev–Trinajstić information content (AvgIpc) is 3.05. The molecule has 4 heterocycles. The average molecular weight is 377 g/mol. The molecule has 146 valence electrons. The van der Waals surface area contributed by atoms with E-state index >= 15 is 0 Å². The van der Waals surface area contributed by atoms with E-state index in [9.17, 15) is 4.79 Å². The summed E-state index contributed by atoms with van der Waals surface area (Å²) in [6.07, 6.45) is 7.67. The van der Waals surface area contributed by atoms with Gasteiger partial charge >= 0.3 is 0 Å². The molecule has 0 radical (unpaired) electrons. The van der Waals surface area contributed by atoms with Crippen LogP contribution in [0.15, 0.2) is 36.7 Å². The van der Waals surface area contributed by atoms with Crippen molar-refractivity contribution in [1.29, 1.82) is 0 Å². The molecule has 0 aromatic carbocycles. The number of fused-ring (bicyclic) bond motifs is 2. The summed E-state index contributed by atoms with van der Waals surface area (Å²) in [6.45, 7) is 7.44. The molecular weight excluding hydrogens is 348 g/mol. The quantitative estimate of drug-likeness (QED) is 0.665. The molecule has 28 heavy (non-hydrogen) atoms. The highest BCUT2D eigenvalue weighted by molar-refractivity contribution is 5.95. The number of carbonyl (C=O) groups is 1. The Bertz CT molecular complexity index is 1010. The lowest BCUT2D eigenvalue weighted by Gasteiger charge is -2.17. The molecule has 1 amide bonds. The van der Waals surface area contributed by atoms with Crippen molar-refractivity contribution < 1.29 is 4.79 Å². The monoisotopic (exact) mass is 376 g/mol. The number of aromatic nitrogens is 3. The van der Waals surface area contributed by atoms with Gasteiger partial charge in [-0.1, -0.05) is 20.3 Å². The number of carbonyl (C=O) groups excluding carboxylic acids is 1. The largest absolute Gasteiger partial charge is 0.344 e. The van der Waals surface area contributed by atoms with Crippen LogP contribution in [0, 0.1) is 0 Å². The van der Waals surface area contributed by atoms with E-state index in [4.69, 9.17) is 4.98 Å². The molecule has 1 unspecified atom stereocenters. The summed E-state index contributed by atoms with van der Waals surface area (Å²) in [4.78, 5) is 22.1. The highest BCUT2D eigenvalue weighted by atomic mass is 16.1. The minimum atomic E-state index is -0.160. The van der Waals surface area contributed by atoms with Crippen LogP contribution in [0.5, 0.6) is 0 Å². The molecule has 3 aromatic rings. The Morgan fingerprint density at radius 2 is 2.04 bits per heavy atom. The van der Waals surface area contributed by atoms with Gasteiger partial charge in [-0.2, -0.15) is 0 Å². The van der Waals surface area contributed by atoms with Crippen molar-refractivity contribution in [2.75, 3.05) is 0 Å². The second kappa shape index (κ2) is 7.74. The van der Waals surface area contributed by atoms with Gasteiger partial charge in [0, 0.05) is 35.6 Å². The van der Waals surface area contributed by atoms with Gasteiger partial charge in [-0.15, -0.1) is 0 Å². The van der Waals surface area contributed by atoms with Crippen molar-refractivity contribution in [1.82, 2.24) is 19.9 Å². The lowest BCUT2D eigenvalue weighted by molar-refractivity contribution is 0.0938. The Labute approximate surface area is 166 Å². The van der Waals surface area contributed by atoms with E-state index in [-0.39, 0.29) is 11.9 Å². The van der Waals surface area contributed by atoms with Crippen molar-refractivity contribution in [3.05, 3.63) is 59.2 Å².